The molecule has 0 N–H and O–H groups in total. The lowest BCUT2D eigenvalue weighted by Crippen LogP contribution is -2.39. The summed E-state index contributed by atoms with van der Waals surface area (Å²) >= 11 is 0. The zero-order valence-corrected chi connectivity index (χ0v) is 16.5. The molecule has 0 aromatic carbocycles. The number of halogens is 1. The molecular weight excluding hydrogens is 333 g/mol. The van der Waals surface area contributed by atoms with Crippen LogP contribution in [0.3, 0.4) is 0 Å². The van der Waals surface area contributed by atoms with E-state index in [1.165, 1.54) is 0 Å². The van der Waals surface area contributed by atoms with Crippen molar-refractivity contribution in [3.05, 3.63) is 17.1 Å². The lowest BCUT2D eigenvalue weighted by atomic mass is 9.83. The minimum atomic E-state index is -0.701. The van der Waals surface area contributed by atoms with Crippen LogP contribution >= 0.6 is 0 Å². The average molecular weight is 363 g/mol. The van der Waals surface area contributed by atoms with Crippen LogP contribution < -0.4 is 4.90 Å². The fourth-order valence-electron chi connectivity index (χ4n) is 3.82. The number of aromatic nitrogens is 2. The molecule has 2 fully saturated rings. The first-order valence-electron chi connectivity index (χ1n) is 9.42. The second-order valence-corrected chi connectivity index (χ2v) is 8.05. The van der Waals surface area contributed by atoms with E-state index in [1.54, 1.807) is 11.9 Å². The van der Waals surface area contributed by atoms with E-state index in [0.717, 1.165) is 36.6 Å². The number of hydrogen-bond acceptors (Lipinski definition) is 5. The van der Waals surface area contributed by atoms with Gasteiger partial charge in [0.05, 0.1) is 0 Å². The first kappa shape index (κ1) is 19.0. The largest absolute Gasteiger partial charge is 0.355 e. The van der Waals surface area contributed by atoms with Gasteiger partial charge in [0, 0.05) is 44.0 Å². The summed E-state index contributed by atoms with van der Waals surface area (Å²) in [5, 5.41) is 0. The highest BCUT2D eigenvalue weighted by molar-refractivity contribution is 5.90. The molecule has 2 heterocycles. The standard InChI is InChI=1S/C19H30FN5O/c1-12-13(2)21-17(19(26)24(5)10-14-8-15(20)9-14)22-18(12)25-7-6-16(11-25)23(3)4/h14-16H,6-11H2,1-5H3/t14?,15?,16-/m1/s1. The Hall–Kier alpha value is -1.76. The Kier molecular flexibility index (Phi) is 5.46. The summed E-state index contributed by atoms with van der Waals surface area (Å²) in [6, 6.07) is 0.499. The normalized spacial score (nSPS) is 25.5. The van der Waals surface area contributed by atoms with Crippen molar-refractivity contribution in [3.8, 4) is 0 Å². The molecule has 1 saturated heterocycles. The molecule has 0 bridgehead atoms. The smallest absolute Gasteiger partial charge is 0.291 e. The fraction of sp³-hybridized carbons (Fsp3) is 0.737. The van der Waals surface area contributed by atoms with Crippen LogP contribution in [-0.2, 0) is 0 Å². The molecule has 1 atom stereocenters. The lowest BCUT2D eigenvalue weighted by molar-refractivity contribution is 0.0637. The van der Waals surface area contributed by atoms with Crippen molar-refractivity contribution in [1.29, 1.82) is 0 Å². The highest BCUT2D eigenvalue weighted by Crippen LogP contribution is 2.31. The lowest BCUT2D eigenvalue weighted by Gasteiger charge is -2.33. The van der Waals surface area contributed by atoms with E-state index in [4.69, 9.17) is 0 Å². The van der Waals surface area contributed by atoms with Gasteiger partial charge in [-0.25, -0.2) is 14.4 Å². The Labute approximate surface area is 155 Å². The van der Waals surface area contributed by atoms with Crippen LogP contribution in [0.5, 0.6) is 0 Å². The van der Waals surface area contributed by atoms with Gasteiger partial charge in [0.15, 0.2) is 0 Å². The molecule has 1 saturated carbocycles. The van der Waals surface area contributed by atoms with E-state index in [1.807, 2.05) is 13.8 Å². The van der Waals surface area contributed by atoms with Gasteiger partial charge in [-0.2, -0.15) is 0 Å². The summed E-state index contributed by atoms with van der Waals surface area (Å²) in [7, 11) is 5.95. The summed E-state index contributed by atoms with van der Waals surface area (Å²) in [6.45, 7) is 6.35. The van der Waals surface area contributed by atoms with Crippen LogP contribution in [0.2, 0.25) is 0 Å². The molecule has 0 unspecified atom stereocenters. The molecule has 6 nitrogen and oxygen atoms in total. The van der Waals surface area contributed by atoms with Gasteiger partial charge in [-0.3, -0.25) is 4.79 Å². The summed E-state index contributed by atoms with van der Waals surface area (Å²) < 4.78 is 13.0. The van der Waals surface area contributed by atoms with Gasteiger partial charge in [-0.05, 0) is 53.1 Å². The predicted octanol–water partition coefficient (Wildman–Crippen LogP) is 2.05. The van der Waals surface area contributed by atoms with E-state index < -0.39 is 6.17 Å². The van der Waals surface area contributed by atoms with Gasteiger partial charge >= 0.3 is 0 Å². The second kappa shape index (κ2) is 7.47. The number of rotatable bonds is 5. The Bertz CT molecular complexity index is 674. The van der Waals surface area contributed by atoms with E-state index in [9.17, 15) is 9.18 Å². The Morgan fingerprint density at radius 1 is 1.23 bits per heavy atom. The van der Waals surface area contributed by atoms with Crippen LogP contribution in [0, 0.1) is 19.8 Å². The van der Waals surface area contributed by atoms with Crippen molar-refractivity contribution < 1.29 is 9.18 Å². The molecule has 1 aromatic heterocycles. The van der Waals surface area contributed by atoms with Gasteiger partial charge in [-0.15, -0.1) is 0 Å². The van der Waals surface area contributed by atoms with Crippen molar-refractivity contribution in [3.63, 3.8) is 0 Å². The Morgan fingerprint density at radius 3 is 2.50 bits per heavy atom. The van der Waals surface area contributed by atoms with Crippen molar-refractivity contribution in [2.75, 3.05) is 45.7 Å². The summed E-state index contributed by atoms with van der Waals surface area (Å²) in [6.07, 6.45) is 1.49. The molecule has 3 rings (SSSR count). The molecule has 0 radical (unpaired) electrons. The summed E-state index contributed by atoms with van der Waals surface area (Å²) in [4.78, 5) is 28.0. The minimum Gasteiger partial charge on any atom is -0.355 e. The molecule has 1 aliphatic heterocycles. The molecule has 26 heavy (non-hydrogen) atoms. The summed E-state index contributed by atoms with van der Waals surface area (Å²) in [5.41, 5.74) is 1.87. The van der Waals surface area contributed by atoms with Crippen molar-refractivity contribution in [2.24, 2.45) is 5.92 Å². The number of amides is 1. The maximum Gasteiger partial charge on any atom is 0.291 e. The molecular formula is C19H30FN5O. The molecule has 7 heteroatoms. The number of carbonyl (C=O) groups excluding carboxylic acids is 1. The first-order valence-corrected chi connectivity index (χ1v) is 9.42. The third kappa shape index (κ3) is 3.82. The Balaban J connectivity index is 1.76. The van der Waals surface area contributed by atoms with Gasteiger partial charge in [0.2, 0.25) is 5.82 Å². The van der Waals surface area contributed by atoms with Crippen molar-refractivity contribution in [2.45, 2.75) is 45.3 Å². The molecule has 1 amide bonds. The van der Waals surface area contributed by atoms with Crippen molar-refractivity contribution >= 4 is 11.7 Å². The van der Waals surface area contributed by atoms with E-state index in [2.05, 4.69) is 33.9 Å². The number of anilines is 1. The van der Waals surface area contributed by atoms with Crippen molar-refractivity contribution in [1.82, 2.24) is 19.8 Å². The maximum absolute atomic E-state index is 13.0. The van der Waals surface area contributed by atoms with Crippen LogP contribution in [0.1, 0.15) is 41.1 Å². The van der Waals surface area contributed by atoms with Crippen LogP contribution in [0.25, 0.3) is 0 Å². The number of nitrogens with zero attached hydrogens (tertiary/aromatic N) is 5. The first-order chi connectivity index (χ1) is 12.3. The second-order valence-electron chi connectivity index (χ2n) is 8.05. The van der Waals surface area contributed by atoms with Gasteiger partial charge < -0.3 is 14.7 Å². The fourth-order valence-corrected chi connectivity index (χ4v) is 3.82. The zero-order chi connectivity index (χ0) is 19.0. The molecule has 1 aromatic rings. The topological polar surface area (TPSA) is 52.6 Å². The number of alkyl halides is 1. The summed E-state index contributed by atoms with van der Waals surface area (Å²) in [5.74, 6) is 1.19. The highest BCUT2D eigenvalue weighted by Gasteiger charge is 2.32. The third-order valence-electron chi connectivity index (χ3n) is 5.80. The van der Waals surface area contributed by atoms with Crippen LogP contribution in [0.4, 0.5) is 10.2 Å². The molecule has 0 spiro atoms. The molecule has 1 aliphatic carbocycles. The monoisotopic (exact) mass is 363 g/mol. The van der Waals surface area contributed by atoms with E-state index in [-0.39, 0.29) is 17.6 Å². The number of likely N-dealkylation sites (N-methyl/N-ethyl adjacent to an activating group) is 1. The van der Waals surface area contributed by atoms with Gasteiger partial charge in [0.25, 0.3) is 5.91 Å². The number of carbonyl (C=O) groups is 1. The van der Waals surface area contributed by atoms with E-state index >= 15 is 0 Å². The van der Waals surface area contributed by atoms with Gasteiger partial charge in [-0.1, -0.05) is 0 Å². The predicted molar refractivity (Wildman–Crippen MR) is 100 cm³/mol. The quantitative estimate of drug-likeness (QED) is 0.801. The number of hydrogen-bond donors (Lipinski definition) is 0. The number of aryl methyl sites for hydroxylation is 1. The maximum atomic E-state index is 13.0. The van der Waals surface area contributed by atoms with Gasteiger partial charge in [0.1, 0.15) is 12.0 Å². The van der Waals surface area contributed by atoms with Crippen LogP contribution in [0.15, 0.2) is 0 Å². The zero-order valence-electron chi connectivity index (χ0n) is 16.5. The molecule has 144 valence electrons. The average Bonchev–Trinajstić information content (AvgIpc) is 3.05. The van der Waals surface area contributed by atoms with E-state index in [0.29, 0.717) is 25.4 Å². The third-order valence-corrected chi connectivity index (χ3v) is 5.80. The SMILES string of the molecule is Cc1nc(C(=O)N(C)CC2CC(F)C2)nc(N2CC[C@@H](N(C)C)C2)c1C. The highest BCUT2D eigenvalue weighted by atomic mass is 19.1. The minimum absolute atomic E-state index is 0.181. The Morgan fingerprint density at radius 2 is 1.92 bits per heavy atom. The van der Waals surface area contributed by atoms with Crippen LogP contribution in [-0.4, -0.2) is 78.7 Å². The molecule has 2 aliphatic rings.